The van der Waals surface area contributed by atoms with Gasteiger partial charge in [-0.05, 0) is 110 Å². The first-order chi connectivity index (χ1) is 14.7. The van der Waals surface area contributed by atoms with Crippen molar-refractivity contribution in [3.8, 4) is 0 Å². The lowest BCUT2D eigenvalue weighted by molar-refractivity contribution is -0.141. The first kappa shape index (κ1) is 21.2. The molecule has 0 heterocycles. The quantitative estimate of drug-likeness (QED) is 0.621. The van der Waals surface area contributed by atoms with Gasteiger partial charge in [-0.3, -0.25) is 4.79 Å². The Hall–Kier alpha value is -1.61. The number of hydrogen-bond acceptors (Lipinski definition) is 3. The highest BCUT2D eigenvalue weighted by Gasteiger charge is 2.61. The highest BCUT2D eigenvalue weighted by Crippen LogP contribution is 2.66. The van der Waals surface area contributed by atoms with Crippen LogP contribution in [0.15, 0.2) is 29.8 Å². The minimum absolute atomic E-state index is 0.0926. The van der Waals surface area contributed by atoms with Crippen LogP contribution >= 0.6 is 0 Å². The summed E-state index contributed by atoms with van der Waals surface area (Å²) in [5.41, 5.74) is 3.57. The Morgan fingerprint density at radius 3 is 2.45 bits per heavy atom. The summed E-state index contributed by atoms with van der Waals surface area (Å²) >= 11 is 0. The number of aliphatic hydroxyl groups excluding tert-OH is 1. The maximum Gasteiger partial charge on any atom is 0.165 e. The van der Waals surface area contributed by atoms with Crippen molar-refractivity contribution in [1.82, 2.24) is 0 Å². The van der Waals surface area contributed by atoms with Crippen molar-refractivity contribution in [3.05, 3.63) is 35.4 Å². The Labute approximate surface area is 187 Å². The van der Waals surface area contributed by atoms with E-state index in [9.17, 15) is 9.90 Å². The summed E-state index contributed by atoms with van der Waals surface area (Å²) < 4.78 is 0. The fourth-order valence-electron chi connectivity index (χ4n) is 8.10. The average molecular weight is 422 g/mol. The van der Waals surface area contributed by atoms with E-state index in [-0.39, 0.29) is 11.5 Å². The number of benzene rings is 1. The molecular formula is C28H39NO2. The molecule has 1 aromatic carbocycles. The van der Waals surface area contributed by atoms with Crippen molar-refractivity contribution in [3.63, 3.8) is 0 Å². The van der Waals surface area contributed by atoms with Crippen molar-refractivity contribution in [1.29, 1.82) is 0 Å². The van der Waals surface area contributed by atoms with Crippen LogP contribution in [0.2, 0.25) is 0 Å². The molecule has 0 unspecified atom stereocenters. The van der Waals surface area contributed by atoms with E-state index < -0.39 is 0 Å². The molecule has 0 saturated heterocycles. The van der Waals surface area contributed by atoms with Gasteiger partial charge < -0.3 is 10.0 Å². The van der Waals surface area contributed by atoms with Crippen LogP contribution in [0.25, 0.3) is 6.08 Å². The fourth-order valence-corrected chi connectivity index (χ4v) is 8.10. The lowest BCUT2D eigenvalue weighted by Gasteiger charge is -2.59. The van der Waals surface area contributed by atoms with Gasteiger partial charge in [-0.15, -0.1) is 0 Å². The van der Waals surface area contributed by atoms with Gasteiger partial charge in [0.1, 0.15) is 0 Å². The smallest absolute Gasteiger partial charge is 0.165 e. The third-order valence-corrected chi connectivity index (χ3v) is 10.0. The monoisotopic (exact) mass is 421 g/mol. The maximum atomic E-state index is 13.6. The Morgan fingerprint density at radius 2 is 1.74 bits per heavy atom. The summed E-state index contributed by atoms with van der Waals surface area (Å²) in [6, 6.07) is 8.55. The standard InChI is InChI=1S/C28H39NO2/c1-27-13-11-22(30)17-20(27)7-10-23-24(27)12-14-28(2)25(23)16-19(26(28)31)15-18-5-8-21(9-6-18)29(3)4/h5-6,8-9,15,20,22-25,30H,7,10-14,16-17H2,1-4H3/b19-15-/t20-,22+,23-,24+,25+,27-,28+/m0/s1. The Bertz CT molecular complexity index is 887. The molecule has 5 rings (SSSR count). The second kappa shape index (κ2) is 7.47. The molecule has 1 N–H and O–H groups in total. The van der Waals surface area contributed by atoms with Crippen LogP contribution in [0.4, 0.5) is 5.69 Å². The van der Waals surface area contributed by atoms with Crippen LogP contribution < -0.4 is 4.90 Å². The van der Waals surface area contributed by atoms with E-state index in [4.69, 9.17) is 0 Å². The van der Waals surface area contributed by atoms with Crippen LogP contribution in [0.3, 0.4) is 0 Å². The second-order valence-electron chi connectivity index (χ2n) is 11.7. The number of hydrogen-bond donors (Lipinski definition) is 1. The molecular weight excluding hydrogens is 382 g/mol. The molecule has 7 atom stereocenters. The highest BCUT2D eigenvalue weighted by atomic mass is 16.3. The van der Waals surface area contributed by atoms with E-state index in [0.29, 0.717) is 29.0 Å². The van der Waals surface area contributed by atoms with Crippen molar-refractivity contribution < 1.29 is 9.90 Å². The average Bonchev–Trinajstić information content (AvgIpc) is 2.99. The fraction of sp³-hybridized carbons (Fsp3) is 0.679. The molecule has 31 heavy (non-hydrogen) atoms. The van der Waals surface area contributed by atoms with Gasteiger partial charge in [0.05, 0.1) is 6.10 Å². The van der Waals surface area contributed by atoms with E-state index in [1.165, 1.54) is 24.9 Å². The largest absolute Gasteiger partial charge is 0.393 e. The molecule has 1 aromatic rings. The van der Waals surface area contributed by atoms with Crippen molar-refractivity contribution in [2.75, 3.05) is 19.0 Å². The normalized spacial score (nSPS) is 43.3. The van der Waals surface area contributed by atoms with Crippen LogP contribution in [0.5, 0.6) is 0 Å². The third kappa shape index (κ3) is 3.30. The molecule has 4 saturated carbocycles. The van der Waals surface area contributed by atoms with Gasteiger partial charge in [-0.25, -0.2) is 0 Å². The predicted octanol–water partition coefficient (Wildman–Crippen LogP) is 5.72. The van der Waals surface area contributed by atoms with Crippen molar-refractivity contribution in [2.24, 2.45) is 34.5 Å². The van der Waals surface area contributed by atoms with E-state index in [1.54, 1.807) is 0 Å². The zero-order valence-corrected chi connectivity index (χ0v) is 19.7. The van der Waals surface area contributed by atoms with Crippen LogP contribution in [0, 0.1) is 34.5 Å². The van der Waals surface area contributed by atoms with Gasteiger partial charge in [0, 0.05) is 25.2 Å². The number of Topliss-reactive ketones (excluding diaryl/α,β-unsaturated/α-hetero) is 1. The molecule has 0 aliphatic heterocycles. The number of aliphatic hydroxyl groups is 1. The molecule has 168 valence electrons. The van der Waals surface area contributed by atoms with Gasteiger partial charge in [0.15, 0.2) is 5.78 Å². The number of allylic oxidation sites excluding steroid dienone is 1. The zero-order valence-electron chi connectivity index (χ0n) is 19.7. The van der Waals surface area contributed by atoms with Gasteiger partial charge in [-0.2, -0.15) is 0 Å². The minimum atomic E-state index is -0.173. The molecule has 0 radical (unpaired) electrons. The molecule has 0 aromatic heterocycles. The van der Waals surface area contributed by atoms with E-state index in [0.717, 1.165) is 49.2 Å². The Balaban J connectivity index is 1.41. The summed E-state index contributed by atoms with van der Waals surface area (Å²) in [6.45, 7) is 4.79. The molecule has 0 bridgehead atoms. The molecule has 0 amide bonds. The first-order valence-corrected chi connectivity index (χ1v) is 12.4. The molecule has 3 nitrogen and oxygen atoms in total. The van der Waals surface area contributed by atoms with E-state index >= 15 is 0 Å². The number of rotatable bonds is 2. The molecule has 4 aliphatic carbocycles. The highest BCUT2D eigenvalue weighted by molar-refractivity contribution is 6.06. The zero-order chi connectivity index (χ0) is 22.0. The number of fused-ring (bicyclic) bond motifs is 5. The van der Waals surface area contributed by atoms with Gasteiger partial charge >= 0.3 is 0 Å². The summed E-state index contributed by atoms with van der Waals surface area (Å²) in [6.07, 6.45) is 10.9. The number of ketones is 1. The maximum absolute atomic E-state index is 13.6. The van der Waals surface area contributed by atoms with Gasteiger partial charge in [-0.1, -0.05) is 26.0 Å². The predicted molar refractivity (Wildman–Crippen MR) is 127 cm³/mol. The topological polar surface area (TPSA) is 40.5 Å². The number of carbonyl (C=O) groups is 1. The van der Waals surface area contributed by atoms with Crippen molar-refractivity contribution >= 4 is 17.5 Å². The van der Waals surface area contributed by atoms with Gasteiger partial charge in [0.2, 0.25) is 0 Å². The minimum Gasteiger partial charge on any atom is -0.393 e. The van der Waals surface area contributed by atoms with Crippen LogP contribution in [-0.4, -0.2) is 31.1 Å². The molecule has 4 aliphatic rings. The number of anilines is 1. The van der Waals surface area contributed by atoms with Crippen LogP contribution in [-0.2, 0) is 4.79 Å². The summed E-state index contributed by atoms with van der Waals surface area (Å²) in [5, 5.41) is 10.3. The van der Waals surface area contributed by atoms with Crippen molar-refractivity contribution in [2.45, 2.75) is 71.3 Å². The summed E-state index contributed by atoms with van der Waals surface area (Å²) in [5.74, 6) is 2.98. The lowest BCUT2D eigenvalue weighted by atomic mass is 9.45. The molecule has 3 heteroatoms. The second-order valence-corrected chi connectivity index (χ2v) is 11.7. The Kier molecular flexibility index (Phi) is 5.12. The summed E-state index contributed by atoms with van der Waals surface area (Å²) in [7, 11) is 4.11. The molecule has 0 spiro atoms. The number of carbonyl (C=O) groups excluding carboxylic acids is 1. The number of nitrogens with zero attached hydrogens (tertiary/aromatic N) is 1. The van der Waals surface area contributed by atoms with Crippen LogP contribution in [0.1, 0.15) is 70.8 Å². The lowest BCUT2D eigenvalue weighted by Crippen LogP contribution is -2.54. The SMILES string of the molecule is CN(C)c1ccc(/C=C2/C[C@@H]3[C@H]4CC[C@H]5C[C@H](O)CC[C@]5(C)[C@@H]4CC[C@@]3(C)C2=O)cc1. The van der Waals surface area contributed by atoms with E-state index in [1.807, 2.05) is 0 Å². The summed E-state index contributed by atoms with van der Waals surface area (Å²) in [4.78, 5) is 15.7. The van der Waals surface area contributed by atoms with Gasteiger partial charge in [0.25, 0.3) is 0 Å². The molecule has 4 fully saturated rings. The third-order valence-electron chi connectivity index (χ3n) is 10.0. The van der Waals surface area contributed by atoms with E-state index in [2.05, 4.69) is 63.2 Å². The Morgan fingerprint density at radius 1 is 1.00 bits per heavy atom. The first-order valence-electron chi connectivity index (χ1n) is 12.4.